The van der Waals surface area contributed by atoms with Gasteiger partial charge in [0.05, 0.1) is 12.2 Å². The summed E-state index contributed by atoms with van der Waals surface area (Å²) in [6, 6.07) is -0.918. The molecule has 1 heterocycles. The van der Waals surface area contributed by atoms with Crippen LogP contribution in [0, 0.1) is 28.6 Å². The monoisotopic (exact) mass is 586 g/mol. The van der Waals surface area contributed by atoms with Gasteiger partial charge in [0.25, 0.3) is 0 Å². The van der Waals surface area contributed by atoms with Crippen LogP contribution < -0.4 is 17.2 Å². The Labute approximate surface area is 247 Å². The molecule has 0 aromatic carbocycles. The average molecular weight is 587 g/mol. The summed E-state index contributed by atoms with van der Waals surface area (Å²) in [5.41, 5.74) is 15.2. The number of aliphatic hydroxyl groups is 1. The molecule has 0 aromatic heterocycles. The first-order valence-electron chi connectivity index (χ1n) is 15.3. The van der Waals surface area contributed by atoms with E-state index in [1.54, 1.807) is 12.2 Å². The highest BCUT2D eigenvalue weighted by atomic mass is 16.7. The number of aliphatic imine (C=N–C) groups is 1. The summed E-state index contributed by atoms with van der Waals surface area (Å²) in [5, 5.41) is 11.8. The molecule has 1 unspecified atom stereocenters. The van der Waals surface area contributed by atoms with E-state index in [-0.39, 0.29) is 35.3 Å². The normalized spacial score (nSPS) is 40.7. The second-order valence-corrected chi connectivity index (χ2v) is 13.2. The van der Waals surface area contributed by atoms with Gasteiger partial charge in [-0.25, -0.2) is 0 Å². The number of Topliss-reactive ketones (excluding diaryl/α,β-unsaturated/α-hetero) is 1. The molecule has 0 amide bonds. The number of ether oxygens (including phenoxy) is 3. The van der Waals surface area contributed by atoms with Gasteiger partial charge in [-0.15, -0.1) is 0 Å². The maximum Gasteiger partial charge on any atom is 0.323 e. The van der Waals surface area contributed by atoms with Gasteiger partial charge in [0.1, 0.15) is 6.04 Å². The van der Waals surface area contributed by atoms with Gasteiger partial charge in [-0.2, -0.15) is 0 Å². The second-order valence-electron chi connectivity index (χ2n) is 13.2. The van der Waals surface area contributed by atoms with E-state index in [0.29, 0.717) is 38.6 Å². The average Bonchev–Trinajstić information content (AvgIpc) is 3.41. The van der Waals surface area contributed by atoms with Crippen LogP contribution >= 0.6 is 0 Å². The number of allylic oxidation sites excluding steroid dienone is 4. The van der Waals surface area contributed by atoms with Crippen molar-refractivity contribution in [3.8, 4) is 0 Å². The SMILES string of the molecule is CCCC1O[C@@H]2C[C@H]3[C@@H]4CCC5=CC(=O)C=C[C@]5(C)[C@H]4[C@@H](O)C[C@]3(C)[C@]2(C(=O)COC(=O)[C@@H](N)CCCN=C(N)N)O1. The van der Waals surface area contributed by atoms with E-state index < -0.39 is 53.5 Å². The number of carbonyl (C=O) groups is 3. The summed E-state index contributed by atoms with van der Waals surface area (Å²) in [7, 11) is 0. The van der Waals surface area contributed by atoms with Crippen LogP contribution in [0.25, 0.3) is 0 Å². The minimum atomic E-state index is -1.35. The van der Waals surface area contributed by atoms with Gasteiger partial charge in [-0.3, -0.25) is 19.4 Å². The Morgan fingerprint density at radius 2 is 2.05 bits per heavy atom. The Bertz CT molecular complexity index is 1200. The van der Waals surface area contributed by atoms with Crippen molar-refractivity contribution >= 4 is 23.5 Å². The summed E-state index contributed by atoms with van der Waals surface area (Å²) in [5.74, 6) is -1.01. The van der Waals surface area contributed by atoms with Crippen molar-refractivity contribution in [2.45, 2.75) is 102 Å². The quantitative estimate of drug-likeness (QED) is 0.127. The first kappa shape index (κ1) is 30.8. The van der Waals surface area contributed by atoms with Gasteiger partial charge in [0, 0.05) is 23.3 Å². The van der Waals surface area contributed by atoms with Gasteiger partial charge in [0.15, 0.2) is 30.2 Å². The molecule has 0 aromatic rings. The number of ketones is 2. The molecule has 11 heteroatoms. The molecular weight excluding hydrogens is 540 g/mol. The molecule has 5 aliphatic rings. The van der Waals surface area contributed by atoms with E-state index in [1.807, 2.05) is 19.9 Å². The number of rotatable bonds is 10. The van der Waals surface area contributed by atoms with Crippen molar-refractivity contribution in [1.29, 1.82) is 0 Å². The van der Waals surface area contributed by atoms with Crippen molar-refractivity contribution in [3.63, 3.8) is 0 Å². The van der Waals surface area contributed by atoms with Gasteiger partial charge in [-0.05, 0) is 68.9 Å². The van der Waals surface area contributed by atoms with E-state index in [9.17, 15) is 19.5 Å². The first-order valence-corrected chi connectivity index (χ1v) is 15.3. The Morgan fingerprint density at radius 3 is 2.76 bits per heavy atom. The van der Waals surface area contributed by atoms with Crippen molar-refractivity contribution < 1.29 is 33.7 Å². The molecule has 7 N–H and O–H groups in total. The van der Waals surface area contributed by atoms with Crippen molar-refractivity contribution in [3.05, 3.63) is 23.8 Å². The maximum absolute atomic E-state index is 14.2. The minimum absolute atomic E-state index is 0.0113. The van der Waals surface area contributed by atoms with Crippen LogP contribution in [0.1, 0.15) is 72.1 Å². The third kappa shape index (κ3) is 4.92. The first-order chi connectivity index (χ1) is 19.9. The zero-order valence-corrected chi connectivity index (χ0v) is 24.9. The predicted octanol–water partition coefficient (Wildman–Crippen LogP) is 1.65. The highest BCUT2D eigenvalue weighted by Crippen LogP contribution is 2.69. The Kier molecular flexibility index (Phi) is 8.43. The highest BCUT2D eigenvalue weighted by Gasteiger charge is 2.75. The number of hydrogen-bond donors (Lipinski definition) is 4. The zero-order valence-electron chi connectivity index (χ0n) is 24.9. The smallest absolute Gasteiger partial charge is 0.323 e. The lowest BCUT2D eigenvalue weighted by Crippen LogP contribution is -2.63. The summed E-state index contributed by atoms with van der Waals surface area (Å²) in [6.07, 6.45) is 8.30. The van der Waals surface area contributed by atoms with E-state index in [2.05, 4.69) is 11.9 Å². The molecule has 4 fully saturated rings. The standard InChI is InChI=1S/C31H46N4O7/c1-4-6-25-41-24-14-20-19-9-8-17-13-18(36)10-11-29(17,2)26(19)22(37)15-30(20,3)31(24,42-25)23(38)16-40-27(39)21(32)7-5-12-35-28(33)34/h10-11,13,19-22,24-26,37H,4-9,12,14-16,32H2,1-3H3,(H4,33,34,35)/t19-,20-,21-,22-,24+,25?,26+,29-,30-,31+/m0/s1. The van der Waals surface area contributed by atoms with Crippen molar-refractivity contribution in [2.75, 3.05) is 13.2 Å². The summed E-state index contributed by atoms with van der Waals surface area (Å²) in [4.78, 5) is 43.0. The maximum atomic E-state index is 14.2. The van der Waals surface area contributed by atoms with Crippen LogP contribution in [0.15, 0.2) is 28.8 Å². The lowest BCUT2D eigenvalue weighted by atomic mass is 9.46. The molecule has 42 heavy (non-hydrogen) atoms. The van der Waals surface area contributed by atoms with Gasteiger partial charge in [-0.1, -0.05) is 38.8 Å². The number of aliphatic hydroxyl groups excluding tert-OH is 1. The molecule has 10 atom stereocenters. The molecule has 4 aliphatic carbocycles. The van der Waals surface area contributed by atoms with Crippen molar-refractivity contribution in [1.82, 2.24) is 0 Å². The largest absolute Gasteiger partial charge is 0.456 e. The highest BCUT2D eigenvalue weighted by molar-refractivity contribution is 6.01. The van der Waals surface area contributed by atoms with Gasteiger partial charge >= 0.3 is 5.97 Å². The van der Waals surface area contributed by atoms with E-state index in [0.717, 1.165) is 24.8 Å². The van der Waals surface area contributed by atoms with Crippen LogP contribution in [0.2, 0.25) is 0 Å². The molecule has 232 valence electrons. The fraction of sp³-hybridized carbons (Fsp3) is 0.742. The summed E-state index contributed by atoms with van der Waals surface area (Å²) in [6.45, 7) is 6.04. The van der Waals surface area contributed by atoms with Crippen LogP contribution in [0.4, 0.5) is 0 Å². The Balaban J connectivity index is 1.37. The molecule has 0 radical (unpaired) electrons. The zero-order chi connectivity index (χ0) is 30.4. The van der Waals surface area contributed by atoms with Gasteiger partial charge < -0.3 is 36.5 Å². The minimum Gasteiger partial charge on any atom is -0.456 e. The summed E-state index contributed by atoms with van der Waals surface area (Å²) >= 11 is 0. The summed E-state index contributed by atoms with van der Waals surface area (Å²) < 4.78 is 18.5. The molecule has 1 saturated heterocycles. The van der Waals surface area contributed by atoms with E-state index >= 15 is 0 Å². The molecule has 1 aliphatic heterocycles. The van der Waals surface area contributed by atoms with Crippen LogP contribution in [0.3, 0.4) is 0 Å². The molecule has 3 saturated carbocycles. The fourth-order valence-electron chi connectivity index (χ4n) is 8.99. The third-order valence-corrected chi connectivity index (χ3v) is 10.8. The molecule has 0 bridgehead atoms. The second kappa shape index (κ2) is 11.5. The van der Waals surface area contributed by atoms with Crippen LogP contribution in [-0.2, 0) is 28.6 Å². The number of nitrogens with zero attached hydrogens (tertiary/aromatic N) is 1. The number of esters is 1. The van der Waals surface area contributed by atoms with E-state index in [4.69, 9.17) is 31.4 Å². The molecular formula is C31H46N4O7. The molecule has 11 nitrogen and oxygen atoms in total. The predicted molar refractivity (Wildman–Crippen MR) is 155 cm³/mol. The third-order valence-electron chi connectivity index (χ3n) is 10.8. The van der Waals surface area contributed by atoms with Crippen LogP contribution in [-0.4, -0.2) is 71.9 Å². The molecule has 5 rings (SSSR count). The van der Waals surface area contributed by atoms with Crippen LogP contribution in [0.5, 0.6) is 0 Å². The van der Waals surface area contributed by atoms with E-state index in [1.165, 1.54) is 0 Å². The fourth-order valence-corrected chi connectivity index (χ4v) is 8.99. The number of guanidine groups is 1. The topological polar surface area (TPSA) is 190 Å². The Hall–Kier alpha value is -2.60. The number of nitrogens with two attached hydrogens (primary N) is 3. The number of fused-ring (bicyclic) bond motifs is 7. The lowest BCUT2D eigenvalue weighted by molar-refractivity contribution is -0.201. The number of carbonyl (C=O) groups excluding carboxylic acids is 3. The lowest BCUT2D eigenvalue weighted by Gasteiger charge is -2.59. The number of hydrogen-bond acceptors (Lipinski definition) is 9. The van der Waals surface area contributed by atoms with Crippen molar-refractivity contribution in [2.24, 2.45) is 50.8 Å². The Morgan fingerprint density at radius 1 is 1.29 bits per heavy atom. The molecule has 0 spiro atoms. The van der Waals surface area contributed by atoms with Gasteiger partial charge in [0.2, 0.25) is 5.78 Å².